The third kappa shape index (κ3) is 6.55. The Bertz CT molecular complexity index is 1950. The van der Waals surface area contributed by atoms with Crippen LogP contribution in [0.25, 0.3) is 0 Å². The van der Waals surface area contributed by atoms with E-state index in [4.69, 9.17) is 14.2 Å². The summed E-state index contributed by atoms with van der Waals surface area (Å²) in [6.45, 7) is 7.92. The summed E-state index contributed by atoms with van der Waals surface area (Å²) in [7, 11) is 1.64. The zero-order chi connectivity index (χ0) is 37.3. The Morgan fingerprint density at radius 1 is 0.943 bits per heavy atom. The van der Waals surface area contributed by atoms with Crippen LogP contribution >= 0.6 is 0 Å². The number of carbonyl (C=O) groups excluding carboxylic acids is 3. The van der Waals surface area contributed by atoms with Crippen LogP contribution in [0.1, 0.15) is 49.4 Å². The second kappa shape index (κ2) is 14.7. The number of nitrogens with zero attached hydrogens (tertiary/aromatic N) is 3. The van der Waals surface area contributed by atoms with Crippen LogP contribution in [-0.2, 0) is 43.2 Å². The normalized spacial score (nSPS) is 22.3. The first kappa shape index (κ1) is 36.2. The molecule has 0 bridgehead atoms. The van der Waals surface area contributed by atoms with Crippen LogP contribution in [0, 0.1) is 11.8 Å². The van der Waals surface area contributed by atoms with E-state index in [-0.39, 0.29) is 49.3 Å². The van der Waals surface area contributed by atoms with Crippen molar-refractivity contribution in [3.05, 3.63) is 125 Å². The van der Waals surface area contributed by atoms with Crippen molar-refractivity contribution in [1.82, 2.24) is 4.90 Å². The second-order valence-corrected chi connectivity index (χ2v) is 14.7. The van der Waals surface area contributed by atoms with E-state index in [9.17, 15) is 14.7 Å². The summed E-state index contributed by atoms with van der Waals surface area (Å²) >= 11 is 0. The average Bonchev–Trinajstić information content (AvgIpc) is 3.81. The van der Waals surface area contributed by atoms with Crippen LogP contribution in [0.3, 0.4) is 0 Å². The van der Waals surface area contributed by atoms with Gasteiger partial charge in [0.1, 0.15) is 12.4 Å². The molecule has 53 heavy (non-hydrogen) atoms. The molecule has 10 nitrogen and oxygen atoms in total. The zero-order valence-electron chi connectivity index (χ0n) is 30.7. The fourth-order valence-corrected chi connectivity index (χ4v) is 8.73. The Balaban J connectivity index is 1.24. The van der Waals surface area contributed by atoms with Crippen molar-refractivity contribution in [2.45, 2.75) is 57.4 Å². The van der Waals surface area contributed by atoms with Gasteiger partial charge in [-0.25, -0.2) is 4.79 Å². The van der Waals surface area contributed by atoms with Gasteiger partial charge >= 0.3 is 6.09 Å². The zero-order valence-corrected chi connectivity index (χ0v) is 30.7. The van der Waals surface area contributed by atoms with E-state index in [0.29, 0.717) is 26.2 Å². The van der Waals surface area contributed by atoms with Crippen molar-refractivity contribution in [1.29, 1.82) is 0 Å². The van der Waals surface area contributed by atoms with Crippen LogP contribution in [0.5, 0.6) is 5.75 Å². The molecule has 0 unspecified atom stereocenters. The van der Waals surface area contributed by atoms with E-state index in [0.717, 1.165) is 39.4 Å². The molecule has 3 heterocycles. The van der Waals surface area contributed by atoms with Crippen LogP contribution in [-0.4, -0.2) is 67.4 Å². The van der Waals surface area contributed by atoms with E-state index < -0.39 is 17.1 Å². The SMILES string of the molecule is COc1ccc(C(C)(C)[C@H]2[C@H](CC(=O)N(CCO)Cc3ccccc3)O[C@@]3(C(=O)N(Cc4ccc(N5CCOC5=O)cc4)c4ccccc43)[C@@H]2C)cc1. The lowest BCUT2D eigenvalue weighted by atomic mass is 9.63. The number of carbonyl (C=O) groups is 3. The predicted octanol–water partition coefficient (Wildman–Crippen LogP) is 6.43. The first-order valence-electron chi connectivity index (χ1n) is 18.3. The smallest absolute Gasteiger partial charge is 0.414 e. The first-order chi connectivity index (χ1) is 25.6. The molecule has 276 valence electrons. The fraction of sp³-hybridized carbons (Fsp3) is 0.372. The Hall–Kier alpha value is -5.19. The molecule has 3 amide bonds. The minimum atomic E-state index is -1.34. The molecule has 3 aliphatic heterocycles. The summed E-state index contributed by atoms with van der Waals surface area (Å²) < 4.78 is 17.7. The average molecular weight is 718 g/mol. The molecule has 0 aromatic heterocycles. The maximum atomic E-state index is 15.1. The number of aliphatic hydroxyl groups excluding tert-OH is 1. The molecule has 1 N–H and O–H groups in total. The van der Waals surface area contributed by atoms with Gasteiger partial charge in [0.2, 0.25) is 5.91 Å². The molecule has 1 spiro atoms. The van der Waals surface area contributed by atoms with Gasteiger partial charge < -0.3 is 29.1 Å². The molecule has 2 saturated heterocycles. The van der Waals surface area contributed by atoms with Crippen molar-refractivity contribution >= 4 is 29.3 Å². The van der Waals surface area contributed by atoms with Crippen LogP contribution < -0.4 is 14.5 Å². The second-order valence-electron chi connectivity index (χ2n) is 14.7. The number of hydrogen-bond donors (Lipinski definition) is 1. The Kier molecular flexibility index (Phi) is 10.0. The van der Waals surface area contributed by atoms with Gasteiger partial charge in [-0.3, -0.25) is 14.5 Å². The molecule has 4 aromatic rings. The largest absolute Gasteiger partial charge is 0.497 e. The lowest BCUT2D eigenvalue weighted by Gasteiger charge is -2.39. The number of rotatable bonds is 12. The quantitative estimate of drug-likeness (QED) is 0.180. The number of benzene rings is 4. The minimum absolute atomic E-state index is 0.0407. The fourth-order valence-electron chi connectivity index (χ4n) is 8.73. The maximum Gasteiger partial charge on any atom is 0.414 e. The van der Waals surface area contributed by atoms with Crippen molar-refractivity contribution in [3.63, 3.8) is 0 Å². The number of anilines is 2. The minimum Gasteiger partial charge on any atom is -0.497 e. The number of ether oxygens (including phenoxy) is 3. The molecule has 0 radical (unpaired) electrons. The molecule has 0 aliphatic carbocycles. The van der Waals surface area contributed by atoms with Gasteiger partial charge in [0.25, 0.3) is 5.91 Å². The third-order valence-electron chi connectivity index (χ3n) is 11.4. The molecule has 2 fully saturated rings. The van der Waals surface area contributed by atoms with Crippen LogP contribution in [0.4, 0.5) is 16.2 Å². The Morgan fingerprint density at radius 3 is 2.30 bits per heavy atom. The standard InChI is InChI=1S/C43H47N3O7/c1-29-39(42(2,3)32-16-20-34(51-4)21-17-32)37(26-38(48)44(22-24-47)27-30-10-6-5-7-11-30)53-43(29)35-12-8-9-13-36(35)46(40(43)49)28-31-14-18-33(19-15-31)45-23-25-52-41(45)50/h5-21,29,37,39,47H,22-28H2,1-4H3/t29-,37+,39-,43+/m1/s1. The highest BCUT2D eigenvalue weighted by Crippen LogP contribution is 2.60. The highest BCUT2D eigenvalue weighted by molar-refractivity contribution is 6.07. The van der Waals surface area contributed by atoms with Gasteiger partial charge in [-0.05, 0) is 52.4 Å². The summed E-state index contributed by atoms with van der Waals surface area (Å²) in [5, 5.41) is 9.97. The molecule has 10 heteroatoms. The number of hydrogen-bond acceptors (Lipinski definition) is 7. The molecule has 4 aromatic carbocycles. The number of methoxy groups -OCH3 is 1. The van der Waals surface area contributed by atoms with Gasteiger partial charge in [0, 0.05) is 36.2 Å². The predicted molar refractivity (Wildman–Crippen MR) is 202 cm³/mol. The third-order valence-corrected chi connectivity index (χ3v) is 11.4. The monoisotopic (exact) mass is 717 g/mol. The summed E-state index contributed by atoms with van der Waals surface area (Å²) in [5.41, 5.74) is 3.34. The van der Waals surface area contributed by atoms with Crippen molar-refractivity contribution in [2.75, 3.05) is 43.2 Å². The lowest BCUT2D eigenvalue weighted by Crippen LogP contribution is -2.45. The molecule has 7 rings (SSSR count). The number of amides is 3. The molecule has 0 saturated carbocycles. The van der Waals surface area contributed by atoms with E-state index >= 15 is 4.79 Å². The van der Waals surface area contributed by atoms with Gasteiger partial charge in [0.05, 0.1) is 45.0 Å². The Labute approximate surface area is 310 Å². The van der Waals surface area contributed by atoms with Crippen LogP contribution in [0.15, 0.2) is 103 Å². The van der Waals surface area contributed by atoms with E-state index in [2.05, 4.69) is 20.8 Å². The highest BCUT2D eigenvalue weighted by atomic mass is 16.6. The summed E-state index contributed by atoms with van der Waals surface area (Å²) in [6, 6.07) is 33.1. The van der Waals surface area contributed by atoms with Gasteiger partial charge in [0.15, 0.2) is 5.60 Å². The maximum absolute atomic E-state index is 15.1. The summed E-state index contributed by atoms with van der Waals surface area (Å²) in [5.74, 6) is -0.164. The van der Waals surface area contributed by atoms with Crippen molar-refractivity contribution in [3.8, 4) is 5.75 Å². The number of fused-ring (bicyclic) bond motifs is 2. The summed E-state index contributed by atoms with van der Waals surface area (Å²) in [4.78, 5) is 46.6. The Morgan fingerprint density at radius 2 is 1.64 bits per heavy atom. The summed E-state index contributed by atoms with van der Waals surface area (Å²) in [6.07, 6.45) is -0.947. The van der Waals surface area contributed by atoms with Crippen molar-refractivity contribution in [2.24, 2.45) is 11.8 Å². The van der Waals surface area contributed by atoms with E-state index in [1.165, 1.54) is 0 Å². The highest BCUT2D eigenvalue weighted by Gasteiger charge is 2.66. The van der Waals surface area contributed by atoms with Crippen LogP contribution in [0.2, 0.25) is 0 Å². The molecule has 3 aliphatic rings. The van der Waals surface area contributed by atoms with Gasteiger partial charge in [-0.15, -0.1) is 0 Å². The molecule has 4 atom stereocenters. The number of para-hydroxylation sites is 1. The van der Waals surface area contributed by atoms with Gasteiger partial charge in [-0.2, -0.15) is 0 Å². The topological polar surface area (TPSA) is 109 Å². The van der Waals surface area contributed by atoms with E-state index in [1.54, 1.807) is 21.8 Å². The number of aliphatic hydroxyl groups is 1. The molecular formula is C43H47N3O7. The number of cyclic esters (lactones) is 1. The van der Waals surface area contributed by atoms with E-state index in [1.807, 2.05) is 103 Å². The lowest BCUT2D eigenvalue weighted by molar-refractivity contribution is -0.150. The molecular weight excluding hydrogens is 670 g/mol. The van der Waals surface area contributed by atoms with Crippen molar-refractivity contribution < 1.29 is 33.7 Å². The first-order valence-corrected chi connectivity index (χ1v) is 18.3. The van der Waals surface area contributed by atoms with Gasteiger partial charge in [-0.1, -0.05) is 93.6 Å².